The van der Waals surface area contributed by atoms with Crippen molar-refractivity contribution in [2.24, 2.45) is 5.92 Å². The van der Waals surface area contributed by atoms with Crippen molar-refractivity contribution in [2.45, 2.75) is 57.9 Å². The minimum atomic E-state index is 0.221. The SMILES string of the molecule is Cc1cccc(C[C@@H]2CCN(C3CCCCC3)C2=O)c1. The molecule has 0 aromatic heterocycles. The van der Waals surface area contributed by atoms with Gasteiger partial charge in [0.15, 0.2) is 0 Å². The summed E-state index contributed by atoms with van der Waals surface area (Å²) in [5.74, 6) is 0.636. The molecule has 1 heterocycles. The highest BCUT2D eigenvalue weighted by Crippen LogP contribution is 2.30. The smallest absolute Gasteiger partial charge is 0.226 e. The van der Waals surface area contributed by atoms with E-state index in [-0.39, 0.29) is 5.92 Å². The number of carbonyl (C=O) groups excluding carboxylic acids is 1. The number of hydrogen-bond acceptors (Lipinski definition) is 1. The van der Waals surface area contributed by atoms with Crippen molar-refractivity contribution in [3.05, 3.63) is 35.4 Å². The van der Waals surface area contributed by atoms with Crippen LogP contribution >= 0.6 is 0 Å². The second-order valence-electron chi connectivity index (χ2n) is 6.50. The van der Waals surface area contributed by atoms with Gasteiger partial charge in [0.05, 0.1) is 0 Å². The highest BCUT2D eigenvalue weighted by Gasteiger charge is 2.35. The molecule has 0 spiro atoms. The van der Waals surface area contributed by atoms with Crippen LogP contribution in [0.5, 0.6) is 0 Å². The molecule has 3 rings (SSSR count). The maximum Gasteiger partial charge on any atom is 0.226 e. The first kappa shape index (κ1) is 13.7. The van der Waals surface area contributed by atoms with Crippen molar-refractivity contribution >= 4 is 5.91 Å². The molecule has 1 aromatic rings. The topological polar surface area (TPSA) is 20.3 Å². The molecule has 108 valence electrons. The fraction of sp³-hybridized carbons (Fsp3) is 0.611. The average Bonchev–Trinajstić information content (AvgIpc) is 2.81. The molecule has 0 unspecified atom stereocenters. The Morgan fingerprint density at radius 1 is 1.15 bits per heavy atom. The van der Waals surface area contributed by atoms with E-state index < -0.39 is 0 Å². The Hall–Kier alpha value is -1.31. The molecule has 1 saturated carbocycles. The van der Waals surface area contributed by atoms with Gasteiger partial charge in [-0.15, -0.1) is 0 Å². The molecule has 1 aliphatic carbocycles. The fourth-order valence-corrected chi connectivity index (χ4v) is 3.83. The molecule has 2 heteroatoms. The zero-order chi connectivity index (χ0) is 13.9. The lowest BCUT2D eigenvalue weighted by Crippen LogP contribution is -2.39. The third kappa shape index (κ3) is 2.89. The van der Waals surface area contributed by atoms with E-state index in [1.807, 2.05) is 0 Å². The van der Waals surface area contributed by atoms with E-state index in [2.05, 4.69) is 36.1 Å². The molecule has 1 saturated heterocycles. The molecule has 2 aliphatic rings. The van der Waals surface area contributed by atoms with Gasteiger partial charge in [0, 0.05) is 18.5 Å². The van der Waals surface area contributed by atoms with E-state index in [9.17, 15) is 4.79 Å². The molecule has 0 radical (unpaired) electrons. The fourth-order valence-electron chi connectivity index (χ4n) is 3.83. The molecule has 0 N–H and O–H groups in total. The first-order chi connectivity index (χ1) is 9.74. The van der Waals surface area contributed by atoms with Crippen LogP contribution < -0.4 is 0 Å². The molecular formula is C18H25NO. The number of hydrogen-bond donors (Lipinski definition) is 0. The predicted octanol–water partition coefficient (Wildman–Crippen LogP) is 3.72. The summed E-state index contributed by atoms with van der Waals surface area (Å²) in [6, 6.07) is 9.14. The third-order valence-electron chi connectivity index (χ3n) is 4.93. The number of aryl methyl sites for hydroxylation is 1. The molecule has 2 nitrogen and oxygen atoms in total. The van der Waals surface area contributed by atoms with E-state index in [1.54, 1.807) is 0 Å². The predicted molar refractivity (Wildman–Crippen MR) is 81.6 cm³/mol. The highest BCUT2D eigenvalue weighted by atomic mass is 16.2. The summed E-state index contributed by atoms with van der Waals surface area (Å²) in [6.07, 6.45) is 8.37. The first-order valence-electron chi connectivity index (χ1n) is 8.10. The standard InChI is InChI=1S/C18H25NO/c1-14-6-5-7-15(12-14)13-16-10-11-19(18(16)20)17-8-3-2-4-9-17/h5-7,12,16-17H,2-4,8-11,13H2,1H3/t16-/m0/s1. The van der Waals surface area contributed by atoms with Crippen molar-refractivity contribution < 1.29 is 4.79 Å². The van der Waals surface area contributed by atoms with Gasteiger partial charge in [0.25, 0.3) is 0 Å². The molecule has 0 bridgehead atoms. The molecule has 1 atom stereocenters. The van der Waals surface area contributed by atoms with Gasteiger partial charge in [0.1, 0.15) is 0 Å². The average molecular weight is 271 g/mol. The van der Waals surface area contributed by atoms with Crippen LogP contribution in [-0.2, 0) is 11.2 Å². The summed E-state index contributed by atoms with van der Waals surface area (Å²) >= 11 is 0. The number of nitrogens with zero attached hydrogens (tertiary/aromatic N) is 1. The maximum atomic E-state index is 12.6. The van der Waals surface area contributed by atoms with Crippen LogP contribution in [-0.4, -0.2) is 23.4 Å². The number of benzene rings is 1. The lowest BCUT2D eigenvalue weighted by Gasteiger charge is -2.31. The minimum Gasteiger partial charge on any atom is -0.339 e. The second-order valence-corrected chi connectivity index (χ2v) is 6.50. The zero-order valence-corrected chi connectivity index (χ0v) is 12.5. The summed E-state index contributed by atoms with van der Waals surface area (Å²) < 4.78 is 0. The highest BCUT2D eigenvalue weighted by molar-refractivity contribution is 5.81. The van der Waals surface area contributed by atoms with E-state index in [1.165, 1.54) is 43.2 Å². The number of likely N-dealkylation sites (tertiary alicyclic amines) is 1. The van der Waals surface area contributed by atoms with Crippen LogP contribution in [0.4, 0.5) is 0 Å². The number of amides is 1. The Kier molecular flexibility index (Phi) is 4.09. The Labute approximate surface area is 122 Å². The molecule has 1 aromatic carbocycles. The summed E-state index contributed by atoms with van der Waals surface area (Å²) in [5.41, 5.74) is 2.60. The van der Waals surface area contributed by atoms with Crippen LogP contribution in [0.15, 0.2) is 24.3 Å². The van der Waals surface area contributed by atoms with E-state index in [0.717, 1.165) is 19.4 Å². The molecular weight excluding hydrogens is 246 g/mol. The zero-order valence-electron chi connectivity index (χ0n) is 12.5. The van der Waals surface area contributed by atoms with E-state index in [4.69, 9.17) is 0 Å². The van der Waals surface area contributed by atoms with Crippen LogP contribution in [0.2, 0.25) is 0 Å². The third-order valence-corrected chi connectivity index (χ3v) is 4.93. The quantitative estimate of drug-likeness (QED) is 0.820. The maximum absolute atomic E-state index is 12.6. The van der Waals surface area contributed by atoms with Gasteiger partial charge in [-0.05, 0) is 38.2 Å². The molecule has 2 fully saturated rings. The summed E-state index contributed by atoms with van der Waals surface area (Å²) in [4.78, 5) is 14.8. The van der Waals surface area contributed by atoms with Crippen LogP contribution in [0.1, 0.15) is 49.7 Å². The van der Waals surface area contributed by atoms with Crippen molar-refractivity contribution in [1.29, 1.82) is 0 Å². The van der Waals surface area contributed by atoms with Crippen LogP contribution in [0, 0.1) is 12.8 Å². The van der Waals surface area contributed by atoms with Gasteiger partial charge in [-0.2, -0.15) is 0 Å². The Morgan fingerprint density at radius 2 is 1.95 bits per heavy atom. The lowest BCUT2D eigenvalue weighted by molar-refractivity contribution is -0.133. The second kappa shape index (κ2) is 5.99. The van der Waals surface area contributed by atoms with Crippen molar-refractivity contribution in [2.75, 3.05) is 6.54 Å². The van der Waals surface area contributed by atoms with Crippen LogP contribution in [0.3, 0.4) is 0 Å². The van der Waals surface area contributed by atoms with Crippen LogP contribution in [0.25, 0.3) is 0 Å². The van der Waals surface area contributed by atoms with Crippen molar-refractivity contribution in [1.82, 2.24) is 4.90 Å². The summed E-state index contributed by atoms with van der Waals surface area (Å²) in [7, 11) is 0. The summed E-state index contributed by atoms with van der Waals surface area (Å²) in [5, 5.41) is 0. The number of carbonyl (C=O) groups is 1. The lowest BCUT2D eigenvalue weighted by atomic mass is 9.94. The normalized spacial score (nSPS) is 24.4. The molecule has 20 heavy (non-hydrogen) atoms. The van der Waals surface area contributed by atoms with Gasteiger partial charge < -0.3 is 4.90 Å². The van der Waals surface area contributed by atoms with Crippen molar-refractivity contribution in [3.8, 4) is 0 Å². The van der Waals surface area contributed by atoms with E-state index >= 15 is 0 Å². The Bertz CT molecular complexity index is 476. The largest absolute Gasteiger partial charge is 0.339 e. The summed E-state index contributed by atoms with van der Waals surface area (Å²) in [6.45, 7) is 3.11. The van der Waals surface area contributed by atoms with Gasteiger partial charge >= 0.3 is 0 Å². The number of rotatable bonds is 3. The minimum absolute atomic E-state index is 0.221. The monoisotopic (exact) mass is 271 g/mol. The Morgan fingerprint density at radius 3 is 2.70 bits per heavy atom. The first-order valence-corrected chi connectivity index (χ1v) is 8.10. The van der Waals surface area contributed by atoms with Gasteiger partial charge in [0.2, 0.25) is 5.91 Å². The van der Waals surface area contributed by atoms with Gasteiger partial charge in [-0.25, -0.2) is 0 Å². The molecule has 1 aliphatic heterocycles. The van der Waals surface area contributed by atoms with Crippen molar-refractivity contribution in [3.63, 3.8) is 0 Å². The van der Waals surface area contributed by atoms with E-state index in [0.29, 0.717) is 11.9 Å². The van der Waals surface area contributed by atoms with Gasteiger partial charge in [-0.1, -0.05) is 49.1 Å². The molecule has 1 amide bonds. The van der Waals surface area contributed by atoms with Gasteiger partial charge in [-0.3, -0.25) is 4.79 Å². The Balaban J connectivity index is 1.63.